The number of anilines is 1. The molecule has 0 spiro atoms. The maximum Gasteiger partial charge on any atom is 0.325 e. The molecule has 0 aliphatic heterocycles. The second-order valence-electron chi connectivity index (χ2n) is 3.67. The number of carbonyl (C=O) groups excluding carboxylic acids is 1. The summed E-state index contributed by atoms with van der Waals surface area (Å²) in [5.74, 6) is -0.400. The van der Waals surface area contributed by atoms with Crippen LogP contribution in [0.1, 0.15) is 18.2 Å². The van der Waals surface area contributed by atoms with Crippen LogP contribution in [0.5, 0.6) is 0 Å². The third-order valence-electron chi connectivity index (χ3n) is 2.35. The molecule has 0 amide bonds. The predicted octanol–water partition coefficient (Wildman–Crippen LogP) is 1.58. The van der Waals surface area contributed by atoms with Gasteiger partial charge in [0, 0.05) is 11.8 Å². The molecule has 0 fully saturated rings. The fraction of sp³-hybridized carbons (Fsp3) is 0.455. The molecule has 1 rings (SSSR count). The molecule has 1 aromatic heterocycles. The van der Waals surface area contributed by atoms with Gasteiger partial charge in [0.25, 0.3) is 0 Å². The third-order valence-corrected chi connectivity index (χ3v) is 2.35. The zero-order valence-electron chi connectivity index (χ0n) is 10.5. The fourth-order valence-electron chi connectivity index (χ4n) is 1.33. The number of carbonyl (C=O) groups is 1. The Hall–Kier alpha value is -2.18. The van der Waals surface area contributed by atoms with Crippen LogP contribution in [0, 0.1) is 24.0 Å². The topological polar surface area (TPSA) is 94.4 Å². The van der Waals surface area contributed by atoms with Crippen molar-refractivity contribution in [1.82, 2.24) is 4.98 Å². The highest BCUT2D eigenvalue weighted by Gasteiger charge is 2.17. The SMILES string of the molecule is CCOC(=O)CNc1nc(C)c(C)cc1[N+](=O)[O-]. The summed E-state index contributed by atoms with van der Waals surface area (Å²) in [6, 6.07) is 1.43. The second kappa shape index (κ2) is 5.95. The van der Waals surface area contributed by atoms with Crippen LogP contribution in [0.4, 0.5) is 11.5 Å². The summed E-state index contributed by atoms with van der Waals surface area (Å²) in [4.78, 5) is 25.6. The normalized spacial score (nSPS) is 9.94. The van der Waals surface area contributed by atoms with Gasteiger partial charge in [-0.15, -0.1) is 0 Å². The van der Waals surface area contributed by atoms with Crippen LogP contribution in [0.15, 0.2) is 6.07 Å². The number of nitrogens with one attached hydrogen (secondary N) is 1. The molecule has 7 nitrogen and oxygen atoms in total. The van der Waals surface area contributed by atoms with Crippen molar-refractivity contribution in [2.24, 2.45) is 0 Å². The first-order valence-corrected chi connectivity index (χ1v) is 5.47. The number of hydrogen-bond acceptors (Lipinski definition) is 6. The van der Waals surface area contributed by atoms with E-state index < -0.39 is 10.9 Å². The Labute approximate surface area is 104 Å². The number of nitro groups is 1. The summed E-state index contributed by atoms with van der Waals surface area (Å²) in [6.45, 7) is 5.29. The van der Waals surface area contributed by atoms with Crippen molar-refractivity contribution in [3.8, 4) is 0 Å². The second-order valence-corrected chi connectivity index (χ2v) is 3.67. The van der Waals surface area contributed by atoms with E-state index in [1.807, 2.05) is 0 Å². The average molecular weight is 253 g/mol. The summed E-state index contributed by atoms with van der Waals surface area (Å²) in [5.41, 5.74) is 1.25. The number of aryl methyl sites for hydroxylation is 2. The molecule has 0 unspecified atom stereocenters. The minimum Gasteiger partial charge on any atom is -0.465 e. The molecule has 0 aliphatic carbocycles. The van der Waals surface area contributed by atoms with Crippen molar-refractivity contribution >= 4 is 17.5 Å². The summed E-state index contributed by atoms with van der Waals surface area (Å²) in [6.07, 6.45) is 0. The quantitative estimate of drug-likeness (QED) is 0.486. The van der Waals surface area contributed by atoms with E-state index in [4.69, 9.17) is 4.74 Å². The van der Waals surface area contributed by atoms with Gasteiger partial charge in [0.2, 0.25) is 5.82 Å². The standard InChI is InChI=1S/C11H15N3O4/c1-4-18-10(15)6-12-11-9(14(16)17)5-7(2)8(3)13-11/h5H,4,6H2,1-3H3,(H,12,13). The van der Waals surface area contributed by atoms with E-state index in [-0.39, 0.29) is 24.7 Å². The Kier molecular flexibility index (Phi) is 4.59. The van der Waals surface area contributed by atoms with E-state index >= 15 is 0 Å². The highest BCUT2D eigenvalue weighted by molar-refractivity contribution is 5.75. The highest BCUT2D eigenvalue weighted by atomic mass is 16.6. The van der Waals surface area contributed by atoms with Crippen LogP contribution in [0.2, 0.25) is 0 Å². The van der Waals surface area contributed by atoms with Crippen molar-refractivity contribution in [2.45, 2.75) is 20.8 Å². The van der Waals surface area contributed by atoms with Crippen molar-refractivity contribution < 1.29 is 14.5 Å². The molecule has 0 saturated carbocycles. The number of rotatable bonds is 5. The largest absolute Gasteiger partial charge is 0.465 e. The third kappa shape index (κ3) is 3.41. The molecule has 0 aromatic carbocycles. The summed E-state index contributed by atoms with van der Waals surface area (Å²) >= 11 is 0. The van der Waals surface area contributed by atoms with Gasteiger partial charge in [-0.05, 0) is 26.3 Å². The van der Waals surface area contributed by atoms with Crippen LogP contribution in [-0.4, -0.2) is 29.0 Å². The van der Waals surface area contributed by atoms with Crippen molar-refractivity contribution in [3.63, 3.8) is 0 Å². The van der Waals surface area contributed by atoms with E-state index in [0.717, 1.165) is 5.56 Å². The lowest BCUT2D eigenvalue weighted by molar-refractivity contribution is -0.384. The zero-order chi connectivity index (χ0) is 13.7. The van der Waals surface area contributed by atoms with E-state index in [1.165, 1.54) is 6.07 Å². The van der Waals surface area contributed by atoms with Gasteiger partial charge < -0.3 is 10.1 Å². The molecular formula is C11H15N3O4. The predicted molar refractivity (Wildman–Crippen MR) is 65.5 cm³/mol. The molecule has 18 heavy (non-hydrogen) atoms. The van der Waals surface area contributed by atoms with Gasteiger partial charge >= 0.3 is 11.7 Å². The summed E-state index contributed by atoms with van der Waals surface area (Å²) < 4.78 is 4.72. The maximum absolute atomic E-state index is 11.2. The minimum absolute atomic E-state index is 0.0798. The first-order valence-electron chi connectivity index (χ1n) is 5.47. The Bertz CT molecular complexity index is 474. The molecule has 1 N–H and O–H groups in total. The van der Waals surface area contributed by atoms with Crippen molar-refractivity contribution in [3.05, 3.63) is 27.4 Å². The molecule has 0 radical (unpaired) electrons. The lowest BCUT2D eigenvalue weighted by Crippen LogP contribution is -2.18. The highest BCUT2D eigenvalue weighted by Crippen LogP contribution is 2.24. The average Bonchev–Trinajstić information content (AvgIpc) is 2.30. The molecule has 0 aliphatic rings. The molecule has 7 heteroatoms. The van der Waals surface area contributed by atoms with Crippen LogP contribution in [-0.2, 0) is 9.53 Å². The van der Waals surface area contributed by atoms with Crippen molar-refractivity contribution in [1.29, 1.82) is 0 Å². The molecule has 0 atom stereocenters. The van der Waals surface area contributed by atoms with E-state index in [0.29, 0.717) is 5.69 Å². The maximum atomic E-state index is 11.2. The number of ether oxygens (including phenoxy) is 1. The number of pyridine rings is 1. The van der Waals surface area contributed by atoms with Gasteiger partial charge in [-0.25, -0.2) is 4.98 Å². The van der Waals surface area contributed by atoms with Crippen LogP contribution < -0.4 is 5.32 Å². The Morgan fingerprint density at radius 1 is 1.56 bits per heavy atom. The number of esters is 1. The minimum atomic E-state index is -0.535. The van der Waals surface area contributed by atoms with E-state index in [9.17, 15) is 14.9 Å². The zero-order valence-corrected chi connectivity index (χ0v) is 10.5. The molecule has 1 aromatic rings. The molecular weight excluding hydrogens is 238 g/mol. The Balaban J connectivity index is 2.90. The monoisotopic (exact) mass is 253 g/mol. The molecule has 1 heterocycles. The fourth-order valence-corrected chi connectivity index (χ4v) is 1.33. The summed E-state index contributed by atoms with van der Waals surface area (Å²) in [7, 11) is 0. The number of hydrogen-bond donors (Lipinski definition) is 1. The van der Waals surface area contributed by atoms with Crippen LogP contribution in [0.3, 0.4) is 0 Å². The first-order chi connectivity index (χ1) is 8.45. The van der Waals surface area contributed by atoms with E-state index in [2.05, 4.69) is 10.3 Å². The van der Waals surface area contributed by atoms with Gasteiger partial charge in [0.05, 0.1) is 11.5 Å². The molecule has 0 saturated heterocycles. The lowest BCUT2D eigenvalue weighted by atomic mass is 10.2. The smallest absolute Gasteiger partial charge is 0.325 e. The van der Waals surface area contributed by atoms with Gasteiger partial charge in [-0.1, -0.05) is 0 Å². The van der Waals surface area contributed by atoms with Crippen LogP contribution >= 0.6 is 0 Å². The molecule has 98 valence electrons. The van der Waals surface area contributed by atoms with E-state index in [1.54, 1.807) is 20.8 Å². The van der Waals surface area contributed by atoms with Gasteiger partial charge in [-0.3, -0.25) is 14.9 Å². The number of aromatic nitrogens is 1. The van der Waals surface area contributed by atoms with Gasteiger partial charge in [0.15, 0.2) is 0 Å². The summed E-state index contributed by atoms with van der Waals surface area (Å²) in [5, 5.41) is 13.5. The number of nitrogens with zero attached hydrogens (tertiary/aromatic N) is 2. The van der Waals surface area contributed by atoms with Crippen molar-refractivity contribution in [2.75, 3.05) is 18.5 Å². The molecule has 0 bridgehead atoms. The Morgan fingerprint density at radius 3 is 2.78 bits per heavy atom. The first kappa shape index (κ1) is 13.9. The Morgan fingerprint density at radius 2 is 2.22 bits per heavy atom. The lowest BCUT2D eigenvalue weighted by Gasteiger charge is -2.08. The van der Waals surface area contributed by atoms with Gasteiger partial charge in [0.1, 0.15) is 6.54 Å². The van der Waals surface area contributed by atoms with Crippen LogP contribution in [0.25, 0.3) is 0 Å². The van der Waals surface area contributed by atoms with Gasteiger partial charge in [-0.2, -0.15) is 0 Å².